The summed E-state index contributed by atoms with van der Waals surface area (Å²) in [7, 11) is 1.86. The molecule has 104 valence electrons. The van der Waals surface area contributed by atoms with Crippen molar-refractivity contribution in [1.29, 1.82) is 0 Å². The van der Waals surface area contributed by atoms with Crippen LogP contribution in [0.5, 0.6) is 5.75 Å². The molecule has 0 spiro atoms. The lowest BCUT2D eigenvalue weighted by Gasteiger charge is -2.21. The zero-order chi connectivity index (χ0) is 14.1. The summed E-state index contributed by atoms with van der Waals surface area (Å²) in [6.45, 7) is 0. The van der Waals surface area contributed by atoms with Gasteiger partial charge in [0.15, 0.2) is 7.05 Å². The van der Waals surface area contributed by atoms with Crippen LogP contribution in [0.15, 0.2) is 24.3 Å². The van der Waals surface area contributed by atoms with Crippen LogP contribution < -0.4 is 9.79 Å². The maximum atomic E-state index is 12.6. The van der Waals surface area contributed by atoms with E-state index in [9.17, 15) is 5.11 Å². The highest BCUT2D eigenvalue weighted by molar-refractivity contribution is 6.30. The van der Waals surface area contributed by atoms with Crippen LogP contribution in [0.4, 0.5) is 0 Å². The van der Waals surface area contributed by atoms with Gasteiger partial charge in [-0.2, -0.15) is 0 Å². The molecule has 2 aromatic rings. The minimum atomic E-state index is 0.173. The van der Waals surface area contributed by atoms with Gasteiger partial charge >= 0.3 is 0 Å². The van der Waals surface area contributed by atoms with Crippen molar-refractivity contribution in [3.05, 3.63) is 51.8 Å². The monoisotopic (exact) mass is 288 g/mol. The van der Waals surface area contributed by atoms with E-state index in [1.54, 1.807) is 4.68 Å². The van der Waals surface area contributed by atoms with Crippen molar-refractivity contribution in [2.24, 2.45) is 7.05 Å². The average molecular weight is 289 g/mol. The van der Waals surface area contributed by atoms with Gasteiger partial charge in [-0.15, -0.1) is 0 Å². The number of fused-ring (bicyclic) bond motifs is 1. The van der Waals surface area contributed by atoms with Gasteiger partial charge in [0.25, 0.3) is 0 Å². The number of aryl methyl sites for hydroxylation is 2. The second-order valence-corrected chi connectivity index (χ2v) is 5.77. The minimum absolute atomic E-state index is 0.173. The number of benzene rings is 1. The molecule has 0 saturated heterocycles. The van der Waals surface area contributed by atoms with Crippen molar-refractivity contribution < 1.29 is 9.79 Å². The smallest absolute Gasteiger partial charge is 0.205 e. The first-order chi connectivity index (χ1) is 9.65. The van der Waals surface area contributed by atoms with Crippen LogP contribution in [0.2, 0.25) is 5.02 Å². The summed E-state index contributed by atoms with van der Waals surface area (Å²) in [4.78, 5) is 0. The van der Waals surface area contributed by atoms with E-state index >= 15 is 0 Å². The summed E-state index contributed by atoms with van der Waals surface area (Å²) in [5, 5.41) is 17.9. The van der Waals surface area contributed by atoms with Gasteiger partial charge in [-0.25, -0.2) is 0 Å². The molecule has 4 heteroatoms. The van der Waals surface area contributed by atoms with E-state index in [2.05, 4.69) is 5.10 Å². The third-order valence-electron chi connectivity index (χ3n) is 3.92. The van der Waals surface area contributed by atoms with E-state index in [1.165, 1.54) is 0 Å². The molecule has 1 aliphatic carbocycles. The van der Waals surface area contributed by atoms with Crippen LogP contribution in [-0.2, 0) is 26.3 Å². The molecule has 0 amide bonds. The molecule has 3 rings (SSSR count). The Balaban J connectivity index is 1.99. The molecule has 0 radical (unpaired) electrons. The number of hydrogen-bond donors (Lipinski definition) is 0. The molecular formula is C16H17ClN2O. The van der Waals surface area contributed by atoms with Crippen LogP contribution >= 0.6 is 11.6 Å². The van der Waals surface area contributed by atoms with E-state index in [1.807, 2.05) is 31.3 Å². The molecule has 0 saturated carbocycles. The molecule has 0 unspecified atom stereocenters. The van der Waals surface area contributed by atoms with E-state index in [4.69, 9.17) is 11.6 Å². The summed E-state index contributed by atoms with van der Waals surface area (Å²) in [6.07, 6.45) is 4.63. The molecule has 1 aliphatic rings. The molecule has 20 heavy (non-hydrogen) atoms. The normalized spacial score (nSPS) is 14.1. The predicted octanol–water partition coefficient (Wildman–Crippen LogP) is 2.10. The van der Waals surface area contributed by atoms with Crippen LogP contribution in [0, 0.1) is 0 Å². The topological polar surface area (TPSA) is 39.8 Å². The van der Waals surface area contributed by atoms with Crippen LogP contribution in [0.1, 0.15) is 35.4 Å². The van der Waals surface area contributed by atoms with E-state index in [0.717, 1.165) is 48.2 Å². The molecule has 0 fully saturated rings. The van der Waals surface area contributed by atoms with Gasteiger partial charge in [-0.1, -0.05) is 28.4 Å². The third kappa shape index (κ3) is 2.50. The average Bonchev–Trinajstić information content (AvgIpc) is 2.45. The Morgan fingerprint density at radius 2 is 1.90 bits per heavy atom. The highest BCUT2D eigenvalue weighted by atomic mass is 35.5. The summed E-state index contributed by atoms with van der Waals surface area (Å²) in [5.74, 6) is 0.173. The molecule has 0 atom stereocenters. The molecular weight excluding hydrogens is 272 g/mol. The quantitative estimate of drug-likeness (QED) is 0.794. The Hall–Kier alpha value is -1.61. The number of hydrogen-bond acceptors (Lipinski definition) is 2. The molecule has 1 aromatic heterocycles. The van der Waals surface area contributed by atoms with Crippen molar-refractivity contribution >= 4 is 11.6 Å². The largest absolute Gasteiger partial charge is 0.868 e. The fraction of sp³-hybridized carbons (Fsp3) is 0.375. The fourth-order valence-electron chi connectivity index (χ4n) is 2.80. The molecule has 3 nitrogen and oxygen atoms in total. The Morgan fingerprint density at radius 3 is 2.65 bits per heavy atom. The number of nitrogens with zero attached hydrogens (tertiary/aromatic N) is 2. The van der Waals surface area contributed by atoms with Crippen LogP contribution in [-0.4, -0.2) is 5.10 Å². The van der Waals surface area contributed by atoms with Gasteiger partial charge in [0.1, 0.15) is 5.69 Å². The highest BCUT2D eigenvalue weighted by Gasteiger charge is 2.21. The van der Waals surface area contributed by atoms with E-state index in [0.29, 0.717) is 11.4 Å². The Morgan fingerprint density at radius 1 is 1.20 bits per heavy atom. The van der Waals surface area contributed by atoms with Gasteiger partial charge in [-0.3, -0.25) is 0 Å². The lowest BCUT2D eigenvalue weighted by atomic mass is 9.94. The summed E-state index contributed by atoms with van der Waals surface area (Å²) < 4.78 is 1.75. The third-order valence-corrected chi connectivity index (χ3v) is 4.17. The van der Waals surface area contributed by atoms with Gasteiger partial charge in [-0.05, 0) is 59.8 Å². The van der Waals surface area contributed by atoms with Crippen molar-refractivity contribution in [2.75, 3.05) is 0 Å². The first-order valence-corrected chi connectivity index (χ1v) is 7.35. The van der Waals surface area contributed by atoms with Crippen molar-refractivity contribution in [3.63, 3.8) is 0 Å². The number of rotatable bonds is 2. The molecule has 1 aromatic carbocycles. The summed E-state index contributed by atoms with van der Waals surface area (Å²) in [6, 6.07) is 7.63. The zero-order valence-corrected chi connectivity index (χ0v) is 12.3. The lowest BCUT2D eigenvalue weighted by Crippen LogP contribution is -2.41. The van der Waals surface area contributed by atoms with Gasteiger partial charge < -0.3 is 5.11 Å². The van der Waals surface area contributed by atoms with Gasteiger partial charge in [0, 0.05) is 5.02 Å². The first kappa shape index (κ1) is 13.4. The molecule has 0 aliphatic heterocycles. The first-order valence-electron chi connectivity index (χ1n) is 6.97. The van der Waals surface area contributed by atoms with E-state index in [-0.39, 0.29) is 5.75 Å². The number of aromatic nitrogens is 2. The second-order valence-electron chi connectivity index (χ2n) is 5.34. The maximum absolute atomic E-state index is 12.6. The van der Waals surface area contributed by atoms with Crippen molar-refractivity contribution in [3.8, 4) is 5.75 Å². The van der Waals surface area contributed by atoms with Crippen LogP contribution in [0.25, 0.3) is 0 Å². The second kappa shape index (κ2) is 5.41. The lowest BCUT2D eigenvalue weighted by molar-refractivity contribution is -0.740. The Kier molecular flexibility index (Phi) is 3.62. The minimum Gasteiger partial charge on any atom is -0.868 e. The molecule has 1 heterocycles. The number of halogens is 1. The van der Waals surface area contributed by atoms with Crippen LogP contribution in [0.3, 0.4) is 0 Å². The summed E-state index contributed by atoms with van der Waals surface area (Å²) >= 11 is 5.89. The molecule has 0 bridgehead atoms. The summed E-state index contributed by atoms with van der Waals surface area (Å²) in [5.41, 5.74) is 3.76. The van der Waals surface area contributed by atoms with Gasteiger partial charge in [0.05, 0.1) is 6.42 Å². The maximum Gasteiger partial charge on any atom is 0.205 e. The Bertz CT molecular complexity index is 638. The highest BCUT2D eigenvalue weighted by Crippen LogP contribution is 2.27. The van der Waals surface area contributed by atoms with Crippen molar-refractivity contribution in [2.45, 2.75) is 32.1 Å². The Labute approximate surface area is 123 Å². The zero-order valence-electron chi connectivity index (χ0n) is 11.5. The van der Waals surface area contributed by atoms with E-state index < -0.39 is 0 Å². The van der Waals surface area contributed by atoms with Gasteiger partial charge in [0.2, 0.25) is 5.69 Å². The SMILES string of the molecule is C[n+]1nc2c(c([O-])c1Cc1ccc(Cl)cc1)CCCC2. The predicted molar refractivity (Wildman–Crippen MR) is 75.8 cm³/mol. The van der Waals surface area contributed by atoms with Crippen molar-refractivity contribution in [1.82, 2.24) is 5.10 Å². The fourth-order valence-corrected chi connectivity index (χ4v) is 2.92. The standard InChI is InChI=1S/C16H17ClN2O/c1-19-15(10-11-6-8-12(17)9-7-11)16(20)13-4-2-3-5-14(13)18-19/h6-9H,2-5,10H2,1H3. The molecule has 0 N–H and O–H groups in total.